The van der Waals surface area contributed by atoms with E-state index in [0.717, 1.165) is 11.5 Å². The molecule has 0 fully saturated rings. The number of hydrogen-bond acceptors (Lipinski definition) is 8. The smallest absolute Gasteiger partial charge is 0.270 e. The lowest BCUT2D eigenvalue weighted by Crippen LogP contribution is -2.16. The summed E-state index contributed by atoms with van der Waals surface area (Å²) in [5.74, 6) is -0.189. The highest BCUT2D eigenvalue weighted by molar-refractivity contribution is 7.08. The molecule has 0 saturated carbocycles. The second-order valence-corrected chi connectivity index (χ2v) is 7.79. The van der Waals surface area contributed by atoms with E-state index in [1.165, 1.54) is 0 Å². The molecule has 32 heavy (non-hydrogen) atoms. The molecule has 0 saturated heterocycles. The first-order valence-electron chi connectivity index (χ1n) is 9.22. The number of halogens is 1. The van der Waals surface area contributed by atoms with Crippen LogP contribution in [0.25, 0.3) is 11.3 Å². The van der Waals surface area contributed by atoms with Gasteiger partial charge in [0.1, 0.15) is 16.5 Å². The summed E-state index contributed by atoms with van der Waals surface area (Å²) in [5.41, 5.74) is 1.60. The van der Waals surface area contributed by atoms with Gasteiger partial charge in [-0.05, 0) is 54.9 Å². The van der Waals surface area contributed by atoms with E-state index in [1.54, 1.807) is 55.5 Å². The highest BCUT2D eigenvalue weighted by Crippen LogP contribution is 2.25. The van der Waals surface area contributed by atoms with Crippen molar-refractivity contribution in [2.75, 3.05) is 10.6 Å². The number of hydrogen-bond donors (Lipinski definition) is 3. The Bertz CT molecular complexity index is 1410. The minimum atomic E-state index is -0.588. The Morgan fingerprint density at radius 2 is 1.97 bits per heavy atom. The molecule has 1 amide bonds. The Kier molecular flexibility index (Phi) is 5.93. The van der Waals surface area contributed by atoms with Gasteiger partial charge in [-0.3, -0.25) is 14.6 Å². The number of nitrogens with zero attached hydrogens (tertiary/aromatic N) is 4. The molecule has 3 N–H and O–H groups in total. The summed E-state index contributed by atoms with van der Waals surface area (Å²) >= 11 is 6.90. The molecule has 11 heteroatoms. The fourth-order valence-corrected chi connectivity index (χ4v) is 3.56. The van der Waals surface area contributed by atoms with Crippen molar-refractivity contribution in [2.45, 2.75) is 6.92 Å². The largest absolute Gasteiger partial charge is 0.326 e. The second kappa shape index (κ2) is 8.97. The summed E-state index contributed by atoms with van der Waals surface area (Å²) in [7, 11) is 0. The van der Waals surface area contributed by atoms with Gasteiger partial charge in [0.25, 0.3) is 11.5 Å². The number of carbonyl (C=O) groups is 1. The maximum Gasteiger partial charge on any atom is 0.270 e. The number of H-pyrrole nitrogens is 1. The van der Waals surface area contributed by atoms with Gasteiger partial charge in [0.2, 0.25) is 5.95 Å². The predicted octanol–water partition coefficient (Wildman–Crippen LogP) is 4.12. The van der Waals surface area contributed by atoms with Crippen LogP contribution in [0.5, 0.6) is 0 Å². The predicted molar refractivity (Wildman–Crippen MR) is 122 cm³/mol. The van der Waals surface area contributed by atoms with Crippen LogP contribution in [0.4, 0.5) is 17.3 Å². The molecule has 4 aromatic rings. The van der Waals surface area contributed by atoms with Gasteiger partial charge in [-0.1, -0.05) is 28.2 Å². The van der Waals surface area contributed by atoms with Crippen molar-refractivity contribution < 1.29 is 4.79 Å². The van der Waals surface area contributed by atoms with Gasteiger partial charge in [0.15, 0.2) is 0 Å². The first-order valence-corrected chi connectivity index (χ1v) is 10.4. The molecule has 0 spiro atoms. The highest BCUT2D eigenvalue weighted by Gasteiger charge is 2.16. The van der Waals surface area contributed by atoms with Crippen molar-refractivity contribution >= 4 is 46.4 Å². The lowest BCUT2D eigenvalue weighted by Gasteiger charge is -2.10. The van der Waals surface area contributed by atoms with Crippen molar-refractivity contribution in [3.05, 3.63) is 80.0 Å². The van der Waals surface area contributed by atoms with Crippen molar-refractivity contribution in [3.8, 4) is 17.3 Å². The van der Waals surface area contributed by atoms with Gasteiger partial charge in [-0.25, -0.2) is 4.98 Å². The number of aromatic nitrogens is 4. The number of amides is 1. The van der Waals surface area contributed by atoms with Crippen LogP contribution in [0.15, 0.2) is 53.3 Å². The minimum absolute atomic E-state index is 0.141. The van der Waals surface area contributed by atoms with Gasteiger partial charge in [-0.15, -0.1) is 5.10 Å². The van der Waals surface area contributed by atoms with E-state index in [9.17, 15) is 14.9 Å². The molecular formula is C21H14ClN7O2S. The first kappa shape index (κ1) is 21.2. The molecule has 0 aliphatic carbocycles. The number of anilines is 3. The topological polar surface area (TPSA) is 136 Å². The van der Waals surface area contributed by atoms with Crippen LogP contribution in [-0.4, -0.2) is 25.5 Å². The third-order valence-corrected chi connectivity index (χ3v) is 5.47. The zero-order valence-corrected chi connectivity index (χ0v) is 18.1. The van der Waals surface area contributed by atoms with E-state index in [2.05, 4.69) is 30.2 Å². The lowest BCUT2D eigenvalue weighted by molar-refractivity contribution is 0.103. The molecule has 2 aromatic carbocycles. The Hall–Kier alpha value is -4.07. The summed E-state index contributed by atoms with van der Waals surface area (Å²) in [4.78, 5) is 32.4. The van der Waals surface area contributed by atoms with E-state index < -0.39 is 5.56 Å². The minimum Gasteiger partial charge on any atom is -0.326 e. The fourth-order valence-electron chi connectivity index (χ4n) is 2.89. The first-order chi connectivity index (χ1) is 15.4. The quantitative estimate of drug-likeness (QED) is 0.405. The molecule has 0 atom stereocenters. The molecule has 0 bridgehead atoms. The number of aryl methyl sites for hydroxylation is 1. The molecular weight excluding hydrogens is 450 g/mol. The summed E-state index contributed by atoms with van der Waals surface area (Å²) in [6.45, 7) is 1.70. The van der Waals surface area contributed by atoms with Crippen LogP contribution in [0, 0.1) is 18.3 Å². The van der Waals surface area contributed by atoms with E-state index >= 15 is 0 Å². The van der Waals surface area contributed by atoms with Crippen molar-refractivity contribution in [3.63, 3.8) is 0 Å². The average Bonchev–Trinajstić information content (AvgIpc) is 3.21. The maximum atomic E-state index is 12.5. The number of aromatic amines is 1. The number of nitrogens with one attached hydrogen (secondary N) is 3. The number of nitriles is 1. The van der Waals surface area contributed by atoms with Crippen LogP contribution in [-0.2, 0) is 0 Å². The second-order valence-electron chi connectivity index (χ2n) is 6.60. The molecule has 2 heterocycles. The van der Waals surface area contributed by atoms with Gasteiger partial charge in [0, 0.05) is 22.0 Å². The summed E-state index contributed by atoms with van der Waals surface area (Å²) in [6.07, 6.45) is 0. The van der Waals surface area contributed by atoms with E-state index in [0.29, 0.717) is 32.5 Å². The van der Waals surface area contributed by atoms with Crippen molar-refractivity contribution in [1.29, 1.82) is 5.26 Å². The third-order valence-electron chi connectivity index (χ3n) is 4.39. The Morgan fingerprint density at radius 3 is 2.66 bits per heavy atom. The van der Waals surface area contributed by atoms with Gasteiger partial charge in [-0.2, -0.15) is 5.26 Å². The molecule has 0 aliphatic heterocycles. The van der Waals surface area contributed by atoms with E-state index in [-0.39, 0.29) is 23.1 Å². The zero-order chi connectivity index (χ0) is 22.7. The van der Waals surface area contributed by atoms with Gasteiger partial charge < -0.3 is 10.6 Å². The molecule has 4 rings (SSSR count). The third kappa shape index (κ3) is 4.49. The Morgan fingerprint density at radius 1 is 1.19 bits per heavy atom. The number of benzene rings is 2. The normalized spacial score (nSPS) is 10.4. The lowest BCUT2D eigenvalue weighted by atomic mass is 10.1. The molecule has 2 aromatic heterocycles. The van der Waals surface area contributed by atoms with Crippen molar-refractivity contribution in [1.82, 2.24) is 19.6 Å². The monoisotopic (exact) mass is 463 g/mol. The Labute approximate surface area is 190 Å². The Balaban J connectivity index is 1.68. The SMILES string of the molecule is Cc1nnsc1C(=O)Nc1cccc(-c2nc(Nc3ccc(Cl)cc3)[nH]c(=O)c2C#N)c1. The molecule has 0 aliphatic rings. The summed E-state index contributed by atoms with van der Waals surface area (Å²) < 4.78 is 3.76. The average molecular weight is 464 g/mol. The summed E-state index contributed by atoms with van der Waals surface area (Å²) in [5, 5.41) is 19.7. The van der Waals surface area contributed by atoms with Crippen LogP contribution in [0.2, 0.25) is 5.02 Å². The van der Waals surface area contributed by atoms with E-state index in [1.807, 2.05) is 6.07 Å². The van der Waals surface area contributed by atoms with Crippen LogP contribution >= 0.6 is 23.1 Å². The molecule has 158 valence electrons. The van der Waals surface area contributed by atoms with Gasteiger partial charge >= 0.3 is 0 Å². The standard InChI is InChI=1S/C21H14ClN7O2S/c1-11-18(32-29-28-11)20(31)24-15-4-2-3-12(9-15)17-16(10-23)19(30)27-21(26-17)25-14-7-5-13(22)6-8-14/h2-9H,1H3,(H,24,31)(H2,25,26,27,30). The number of rotatable bonds is 5. The van der Waals surface area contributed by atoms with Crippen LogP contribution in [0.3, 0.4) is 0 Å². The zero-order valence-electron chi connectivity index (χ0n) is 16.5. The van der Waals surface area contributed by atoms with E-state index in [4.69, 9.17) is 11.6 Å². The highest BCUT2D eigenvalue weighted by atomic mass is 35.5. The van der Waals surface area contributed by atoms with Gasteiger partial charge in [0.05, 0.1) is 11.4 Å². The maximum absolute atomic E-state index is 12.5. The van der Waals surface area contributed by atoms with Crippen LogP contribution in [0.1, 0.15) is 20.9 Å². The molecule has 0 unspecified atom stereocenters. The molecule has 0 radical (unpaired) electrons. The molecule has 9 nitrogen and oxygen atoms in total. The summed E-state index contributed by atoms with van der Waals surface area (Å²) in [6, 6.07) is 15.5. The number of carbonyl (C=O) groups excluding carboxylic acids is 1. The van der Waals surface area contributed by atoms with Crippen LogP contribution < -0.4 is 16.2 Å². The fraction of sp³-hybridized carbons (Fsp3) is 0.0476. The van der Waals surface area contributed by atoms with Crippen molar-refractivity contribution in [2.24, 2.45) is 0 Å².